The Morgan fingerprint density at radius 3 is 2.69 bits per heavy atom. The maximum Gasteiger partial charge on any atom is 0.0721 e. The number of hydrogen-bond acceptors (Lipinski definition) is 1. The molecular weight excluding hydrogens is 160 g/mol. The molecule has 0 aliphatic heterocycles. The minimum Gasteiger partial charge on any atom is -0.373 e. The van der Waals surface area contributed by atoms with Crippen molar-refractivity contribution in [2.45, 2.75) is 6.61 Å². The molecule has 1 aromatic rings. The maximum atomic E-state index is 5.39. The third-order valence-electron chi connectivity index (χ3n) is 1.60. The molecule has 0 aliphatic rings. The van der Waals surface area contributed by atoms with Crippen LogP contribution in [0.4, 0.5) is 0 Å². The molecule has 1 nitrogen and oxygen atoms in total. The first-order valence-electron chi connectivity index (χ1n) is 4.32. The highest BCUT2D eigenvalue weighted by Gasteiger charge is 1.88. The Labute approximate surface area is 79.4 Å². The summed E-state index contributed by atoms with van der Waals surface area (Å²) in [6.07, 6.45) is 5.56. The average Bonchev–Trinajstić information content (AvgIpc) is 2.19. The first-order valence-corrected chi connectivity index (χ1v) is 4.32. The van der Waals surface area contributed by atoms with Gasteiger partial charge in [0.15, 0.2) is 0 Å². The fourth-order valence-electron chi connectivity index (χ4n) is 0.971. The second-order valence-electron chi connectivity index (χ2n) is 2.66. The van der Waals surface area contributed by atoms with Crippen LogP contribution in [-0.2, 0) is 11.3 Å². The van der Waals surface area contributed by atoms with E-state index in [1.807, 2.05) is 30.4 Å². The van der Waals surface area contributed by atoms with E-state index >= 15 is 0 Å². The molecule has 1 aromatic carbocycles. The molecular formula is C12H14O. The maximum absolute atomic E-state index is 5.39. The third-order valence-corrected chi connectivity index (χ3v) is 1.60. The van der Waals surface area contributed by atoms with Crippen LogP contribution in [-0.4, -0.2) is 6.61 Å². The zero-order chi connectivity index (χ0) is 9.36. The van der Waals surface area contributed by atoms with Crippen molar-refractivity contribution in [3.05, 3.63) is 60.7 Å². The van der Waals surface area contributed by atoms with Gasteiger partial charge in [0.1, 0.15) is 0 Å². The molecule has 0 spiro atoms. The predicted molar refractivity (Wildman–Crippen MR) is 55.4 cm³/mol. The molecule has 0 saturated carbocycles. The first-order chi connectivity index (χ1) is 6.43. The second kappa shape index (κ2) is 6.21. The van der Waals surface area contributed by atoms with E-state index in [-0.39, 0.29) is 0 Å². The first kappa shape index (κ1) is 9.75. The molecule has 0 saturated heterocycles. The van der Waals surface area contributed by atoms with Crippen molar-refractivity contribution in [2.24, 2.45) is 0 Å². The zero-order valence-electron chi connectivity index (χ0n) is 7.65. The Hall–Kier alpha value is -1.34. The summed E-state index contributed by atoms with van der Waals surface area (Å²) in [6.45, 7) is 4.88. The molecule has 0 N–H and O–H groups in total. The van der Waals surface area contributed by atoms with Crippen LogP contribution in [0.3, 0.4) is 0 Å². The Morgan fingerprint density at radius 1 is 1.23 bits per heavy atom. The summed E-state index contributed by atoms with van der Waals surface area (Å²) in [5.41, 5.74) is 1.20. The Balaban J connectivity index is 2.20. The van der Waals surface area contributed by atoms with Gasteiger partial charge in [-0.15, -0.1) is 0 Å². The molecule has 0 amide bonds. The molecule has 0 unspecified atom stereocenters. The van der Waals surface area contributed by atoms with E-state index in [2.05, 4.69) is 18.7 Å². The lowest BCUT2D eigenvalue weighted by Gasteiger charge is -1.99. The van der Waals surface area contributed by atoms with Crippen molar-refractivity contribution < 1.29 is 4.74 Å². The monoisotopic (exact) mass is 174 g/mol. The molecule has 1 heteroatoms. The summed E-state index contributed by atoms with van der Waals surface area (Å²) in [7, 11) is 0. The lowest BCUT2D eigenvalue weighted by molar-refractivity contribution is 0.148. The van der Waals surface area contributed by atoms with Crippen LogP contribution in [0.5, 0.6) is 0 Å². The Bertz CT molecular complexity index is 262. The highest BCUT2D eigenvalue weighted by Crippen LogP contribution is 1.99. The largest absolute Gasteiger partial charge is 0.373 e. The summed E-state index contributed by atoms with van der Waals surface area (Å²) in [5.74, 6) is 0. The van der Waals surface area contributed by atoms with Gasteiger partial charge in [-0.3, -0.25) is 0 Å². The summed E-state index contributed by atoms with van der Waals surface area (Å²) in [6, 6.07) is 10.1. The molecule has 1 rings (SSSR count). The van der Waals surface area contributed by atoms with Gasteiger partial charge >= 0.3 is 0 Å². The number of allylic oxidation sites excluding steroid dienone is 2. The van der Waals surface area contributed by atoms with Crippen LogP contribution < -0.4 is 0 Å². The van der Waals surface area contributed by atoms with Crippen LogP contribution in [0.2, 0.25) is 0 Å². The lowest BCUT2D eigenvalue weighted by Crippen LogP contribution is -1.91. The van der Waals surface area contributed by atoms with E-state index in [9.17, 15) is 0 Å². The van der Waals surface area contributed by atoms with Gasteiger partial charge in [-0.1, -0.05) is 55.1 Å². The highest BCUT2D eigenvalue weighted by molar-refractivity contribution is 5.13. The fourth-order valence-corrected chi connectivity index (χ4v) is 0.971. The van der Waals surface area contributed by atoms with Gasteiger partial charge in [0.2, 0.25) is 0 Å². The van der Waals surface area contributed by atoms with E-state index in [4.69, 9.17) is 4.74 Å². The van der Waals surface area contributed by atoms with Gasteiger partial charge < -0.3 is 4.74 Å². The van der Waals surface area contributed by atoms with Crippen LogP contribution >= 0.6 is 0 Å². The van der Waals surface area contributed by atoms with Crippen molar-refractivity contribution >= 4 is 0 Å². The van der Waals surface area contributed by atoms with E-state index in [1.165, 1.54) is 5.56 Å². The minimum absolute atomic E-state index is 0.640. The van der Waals surface area contributed by atoms with Gasteiger partial charge in [0, 0.05) is 0 Å². The van der Waals surface area contributed by atoms with E-state index in [0.29, 0.717) is 13.2 Å². The van der Waals surface area contributed by atoms with Crippen LogP contribution in [0.25, 0.3) is 0 Å². The molecule has 0 aliphatic carbocycles. The van der Waals surface area contributed by atoms with Crippen molar-refractivity contribution in [1.82, 2.24) is 0 Å². The molecule has 13 heavy (non-hydrogen) atoms. The molecule has 0 fully saturated rings. The SMILES string of the molecule is C=C/C=C\COCc1ccccc1. The van der Waals surface area contributed by atoms with Gasteiger partial charge in [-0.05, 0) is 5.56 Å². The summed E-state index contributed by atoms with van der Waals surface area (Å²) < 4.78 is 5.39. The fraction of sp³-hybridized carbons (Fsp3) is 0.167. The standard InChI is InChI=1S/C12H14O/c1-2-3-7-10-13-11-12-8-5-4-6-9-12/h2-9H,1,10-11H2/b7-3-. The Morgan fingerprint density at radius 2 is 2.00 bits per heavy atom. The number of rotatable bonds is 5. The number of benzene rings is 1. The van der Waals surface area contributed by atoms with Crippen molar-refractivity contribution in [3.8, 4) is 0 Å². The second-order valence-corrected chi connectivity index (χ2v) is 2.66. The van der Waals surface area contributed by atoms with Gasteiger partial charge in [-0.2, -0.15) is 0 Å². The quantitative estimate of drug-likeness (QED) is 0.492. The summed E-state index contributed by atoms with van der Waals surface area (Å²) in [4.78, 5) is 0. The minimum atomic E-state index is 0.640. The molecule has 0 heterocycles. The molecule has 0 atom stereocenters. The highest BCUT2D eigenvalue weighted by atomic mass is 16.5. The van der Waals surface area contributed by atoms with Crippen LogP contribution in [0, 0.1) is 0 Å². The molecule has 0 radical (unpaired) electrons. The smallest absolute Gasteiger partial charge is 0.0721 e. The predicted octanol–water partition coefficient (Wildman–Crippen LogP) is 2.95. The molecule has 0 aromatic heterocycles. The van der Waals surface area contributed by atoms with Crippen molar-refractivity contribution in [2.75, 3.05) is 6.61 Å². The number of ether oxygens (including phenoxy) is 1. The molecule has 0 bridgehead atoms. The normalized spacial score (nSPS) is 10.5. The van der Waals surface area contributed by atoms with Gasteiger partial charge in [0.05, 0.1) is 13.2 Å². The van der Waals surface area contributed by atoms with Gasteiger partial charge in [-0.25, -0.2) is 0 Å². The average molecular weight is 174 g/mol. The summed E-state index contributed by atoms with van der Waals surface area (Å²) >= 11 is 0. The third kappa shape index (κ3) is 4.28. The van der Waals surface area contributed by atoms with E-state index < -0.39 is 0 Å². The van der Waals surface area contributed by atoms with E-state index in [1.54, 1.807) is 6.08 Å². The van der Waals surface area contributed by atoms with Crippen molar-refractivity contribution in [3.63, 3.8) is 0 Å². The topological polar surface area (TPSA) is 9.23 Å². The number of hydrogen-bond donors (Lipinski definition) is 0. The van der Waals surface area contributed by atoms with Gasteiger partial charge in [0.25, 0.3) is 0 Å². The van der Waals surface area contributed by atoms with Crippen LogP contribution in [0.1, 0.15) is 5.56 Å². The Kier molecular flexibility index (Phi) is 4.65. The van der Waals surface area contributed by atoms with Crippen LogP contribution in [0.15, 0.2) is 55.1 Å². The van der Waals surface area contributed by atoms with E-state index in [0.717, 1.165) is 0 Å². The van der Waals surface area contributed by atoms with Crippen molar-refractivity contribution in [1.29, 1.82) is 0 Å². The summed E-state index contributed by atoms with van der Waals surface area (Å²) in [5, 5.41) is 0. The molecule has 68 valence electrons. The zero-order valence-corrected chi connectivity index (χ0v) is 7.65. The lowest BCUT2D eigenvalue weighted by atomic mass is 10.2.